The zero-order valence-electron chi connectivity index (χ0n) is 15.6. The minimum absolute atomic E-state index is 0.108. The summed E-state index contributed by atoms with van der Waals surface area (Å²) in [6, 6.07) is 9.99. The van der Waals surface area contributed by atoms with E-state index >= 15 is 0 Å². The quantitative estimate of drug-likeness (QED) is 0.627. The van der Waals surface area contributed by atoms with Gasteiger partial charge in [0.2, 0.25) is 0 Å². The standard InChI is InChI=1S/C21H22FN3O3/c1-27-15-7-6-8-16(13-15)28-21(26)17-14-23-25(19-10-3-2-9-18(19)22)20(17)24-11-4-5-12-24/h2-5,9-12,14-16H,6-8,13H2,1H3. The highest BCUT2D eigenvalue weighted by molar-refractivity contribution is 5.93. The molecule has 0 radical (unpaired) electrons. The van der Waals surface area contributed by atoms with Gasteiger partial charge in [0.05, 0.1) is 12.3 Å². The molecule has 146 valence electrons. The first kappa shape index (κ1) is 18.4. The Labute approximate surface area is 162 Å². The molecule has 1 aromatic carbocycles. The van der Waals surface area contributed by atoms with Crippen molar-refractivity contribution in [2.75, 3.05) is 7.11 Å². The molecule has 0 aliphatic heterocycles. The summed E-state index contributed by atoms with van der Waals surface area (Å²) < 4.78 is 28.7. The van der Waals surface area contributed by atoms with E-state index in [9.17, 15) is 9.18 Å². The number of carbonyl (C=O) groups excluding carboxylic acids is 1. The Morgan fingerprint density at radius 1 is 1.14 bits per heavy atom. The second-order valence-corrected chi connectivity index (χ2v) is 6.89. The van der Waals surface area contributed by atoms with Crippen molar-refractivity contribution in [2.24, 2.45) is 0 Å². The van der Waals surface area contributed by atoms with Crippen molar-refractivity contribution in [3.8, 4) is 11.5 Å². The summed E-state index contributed by atoms with van der Waals surface area (Å²) in [7, 11) is 1.68. The van der Waals surface area contributed by atoms with Gasteiger partial charge in [-0.25, -0.2) is 13.9 Å². The van der Waals surface area contributed by atoms with Crippen LogP contribution in [-0.2, 0) is 9.47 Å². The fourth-order valence-electron chi connectivity index (χ4n) is 3.65. The number of ether oxygens (including phenoxy) is 2. The van der Waals surface area contributed by atoms with Crippen LogP contribution in [-0.4, -0.2) is 39.6 Å². The molecule has 1 aliphatic carbocycles. The van der Waals surface area contributed by atoms with Gasteiger partial charge in [-0.3, -0.25) is 0 Å². The maximum absolute atomic E-state index is 14.4. The summed E-state index contributed by atoms with van der Waals surface area (Å²) in [4.78, 5) is 12.9. The third-order valence-electron chi connectivity index (χ3n) is 5.08. The van der Waals surface area contributed by atoms with E-state index in [-0.39, 0.29) is 17.9 Å². The van der Waals surface area contributed by atoms with E-state index in [4.69, 9.17) is 9.47 Å². The Kier molecular flexibility index (Phi) is 5.25. The van der Waals surface area contributed by atoms with E-state index < -0.39 is 11.8 Å². The largest absolute Gasteiger partial charge is 0.459 e. The van der Waals surface area contributed by atoms with Gasteiger partial charge in [0, 0.05) is 25.9 Å². The number of para-hydroxylation sites is 1. The summed E-state index contributed by atoms with van der Waals surface area (Å²) in [6.07, 6.45) is 8.34. The molecule has 6 nitrogen and oxygen atoms in total. The fraction of sp³-hybridized carbons (Fsp3) is 0.333. The molecule has 0 bridgehead atoms. The maximum atomic E-state index is 14.4. The summed E-state index contributed by atoms with van der Waals surface area (Å²) in [5, 5.41) is 4.28. The zero-order valence-corrected chi connectivity index (χ0v) is 15.6. The first-order valence-electron chi connectivity index (χ1n) is 9.37. The highest BCUT2D eigenvalue weighted by atomic mass is 19.1. The van der Waals surface area contributed by atoms with Gasteiger partial charge in [0.1, 0.15) is 23.2 Å². The van der Waals surface area contributed by atoms with E-state index in [0.29, 0.717) is 17.8 Å². The van der Waals surface area contributed by atoms with Gasteiger partial charge in [-0.15, -0.1) is 0 Å². The topological polar surface area (TPSA) is 58.3 Å². The summed E-state index contributed by atoms with van der Waals surface area (Å²) in [5.74, 6) is -0.443. The maximum Gasteiger partial charge on any atom is 0.343 e. The number of nitrogens with zero attached hydrogens (tertiary/aromatic N) is 3. The molecule has 2 heterocycles. The normalized spacial score (nSPS) is 19.5. The Hall–Kier alpha value is -2.93. The van der Waals surface area contributed by atoms with Crippen LogP contribution in [0.4, 0.5) is 4.39 Å². The van der Waals surface area contributed by atoms with Crippen LogP contribution in [0.1, 0.15) is 36.0 Å². The SMILES string of the molecule is COC1CCCC(OC(=O)c2cnn(-c3ccccc3F)c2-n2cccc2)C1. The molecule has 28 heavy (non-hydrogen) atoms. The molecule has 0 N–H and O–H groups in total. The number of rotatable bonds is 5. The second kappa shape index (κ2) is 7.98. The Morgan fingerprint density at radius 3 is 2.64 bits per heavy atom. The van der Waals surface area contributed by atoms with Crippen LogP contribution in [0.25, 0.3) is 11.5 Å². The predicted octanol–water partition coefficient (Wildman–Crippen LogP) is 3.92. The fourth-order valence-corrected chi connectivity index (χ4v) is 3.65. The van der Waals surface area contributed by atoms with Crippen LogP contribution < -0.4 is 0 Å². The molecule has 7 heteroatoms. The van der Waals surface area contributed by atoms with Gasteiger partial charge < -0.3 is 14.0 Å². The van der Waals surface area contributed by atoms with Gasteiger partial charge in [-0.05, 0) is 43.5 Å². The first-order valence-corrected chi connectivity index (χ1v) is 9.37. The van der Waals surface area contributed by atoms with Crippen molar-refractivity contribution >= 4 is 5.97 Å². The number of carbonyl (C=O) groups is 1. The number of hydrogen-bond donors (Lipinski definition) is 0. The monoisotopic (exact) mass is 383 g/mol. The minimum atomic E-state index is -0.465. The van der Waals surface area contributed by atoms with Crippen molar-refractivity contribution in [1.29, 1.82) is 0 Å². The molecule has 4 rings (SSSR count). The number of halogens is 1. The highest BCUT2D eigenvalue weighted by Gasteiger charge is 2.28. The molecule has 2 aromatic heterocycles. The molecule has 0 amide bonds. The lowest BCUT2D eigenvalue weighted by Crippen LogP contribution is -2.29. The number of aromatic nitrogens is 3. The van der Waals surface area contributed by atoms with Crippen molar-refractivity contribution in [3.63, 3.8) is 0 Å². The van der Waals surface area contributed by atoms with Crippen molar-refractivity contribution < 1.29 is 18.7 Å². The summed E-state index contributed by atoms with van der Waals surface area (Å²) >= 11 is 0. The average Bonchev–Trinajstić information content (AvgIpc) is 3.38. The molecule has 1 fully saturated rings. The first-order chi connectivity index (χ1) is 13.7. The van der Waals surface area contributed by atoms with Crippen LogP contribution >= 0.6 is 0 Å². The smallest absolute Gasteiger partial charge is 0.343 e. The zero-order chi connectivity index (χ0) is 19.5. The van der Waals surface area contributed by atoms with Crippen LogP contribution in [0.15, 0.2) is 55.0 Å². The average molecular weight is 383 g/mol. The van der Waals surface area contributed by atoms with E-state index in [1.54, 1.807) is 42.3 Å². The van der Waals surface area contributed by atoms with Crippen LogP contribution in [0.2, 0.25) is 0 Å². The molecule has 2 atom stereocenters. The molecule has 0 spiro atoms. The van der Waals surface area contributed by atoms with Crippen molar-refractivity contribution in [2.45, 2.75) is 37.9 Å². The number of hydrogen-bond acceptors (Lipinski definition) is 4. The van der Waals surface area contributed by atoms with Gasteiger partial charge in [0.25, 0.3) is 0 Å². The Balaban J connectivity index is 1.68. The van der Waals surface area contributed by atoms with Crippen LogP contribution in [0.5, 0.6) is 0 Å². The highest BCUT2D eigenvalue weighted by Crippen LogP contribution is 2.26. The molecule has 1 aliphatic rings. The lowest BCUT2D eigenvalue weighted by Gasteiger charge is -2.27. The molecular weight excluding hydrogens is 361 g/mol. The summed E-state index contributed by atoms with van der Waals surface area (Å²) in [6.45, 7) is 0. The lowest BCUT2D eigenvalue weighted by atomic mass is 9.95. The van der Waals surface area contributed by atoms with Crippen molar-refractivity contribution in [3.05, 3.63) is 66.4 Å². The Bertz CT molecular complexity index is 952. The third-order valence-corrected chi connectivity index (χ3v) is 5.08. The van der Waals surface area contributed by atoms with Gasteiger partial charge in [0.15, 0.2) is 5.82 Å². The van der Waals surface area contributed by atoms with E-state index in [0.717, 1.165) is 19.3 Å². The Morgan fingerprint density at radius 2 is 1.89 bits per heavy atom. The molecule has 1 saturated carbocycles. The molecule has 0 saturated heterocycles. The lowest BCUT2D eigenvalue weighted by molar-refractivity contribution is -0.0149. The van der Waals surface area contributed by atoms with Crippen LogP contribution in [0.3, 0.4) is 0 Å². The number of esters is 1. The minimum Gasteiger partial charge on any atom is -0.459 e. The third kappa shape index (κ3) is 3.57. The molecule has 3 aromatic rings. The van der Waals surface area contributed by atoms with E-state index in [1.165, 1.54) is 16.9 Å². The van der Waals surface area contributed by atoms with Crippen LogP contribution in [0, 0.1) is 5.82 Å². The van der Waals surface area contributed by atoms with Gasteiger partial charge in [-0.2, -0.15) is 5.10 Å². The predicted molar refractivity (Wildman–Crippen MR) is 101 cm³/mol. The second-order valence-electron chi connectivity index (χ2n) is 6.89. The number of benzene rings is 1. The van der Waals surface area contributed by atoms with Gasteiger partial charge in [-0.1, -0.05) is 12.1 Å². The molecule has 2 unspecified atom stereocenters. The summed E-state index contributed by atoms with van der Waals surface area (Å²) in [5.41, 5.74) is 0.557. The number of methoxy groups -OCH3 is 1. The van der Waals surface area contributed by atoms with E-state index in [2.05, 4.69) is 5.10 Å². The molecular formula is C21H22FN3O3. The van der Waals surface area contributed by atoms with E-state index in [1.807, 2.05) is 12.1 Å². The van der Waals surface area contributed by atoms with Gasteiger partial charge >= 0.3 is 5.97 Å². The van der Waals surface area contributed by atoms with Crippen molar-refractivity contribution in [1.82, 2.24) is 14.3 Å².